The SMILES string of the molecule is OCC1CCCCC1NCCN1CCOCC1. The lowest BCUT2D eigenvalue weighted by Gasteiger charge is -2.32. The Morgan fingerprint density at radius 2 is 1.94 bits per heavy atom. The number of hydrogen-bond donors (Lipinski definition) is 2. The zero-order valence-electron chi connectivity index (χ0n) is 10.7. The molecule has 1 aliphatic heterocycles. The van der Waals surface area contributed by atoms with Crippen LogP contribution in [0.1, 0.15) is 25.7 Å². The van der Waals surface area contributed by atoms with Crippen LogP contribution in [-0.4, -0.2) is 62.0 Å². The zero-order chi connectivity index (χ0) is 11.9. The van der Waals surface area contributed by atoms with Crippen molar-refractivity contribution in [3.63, 3.8) is 0 Å². The van der Waals surface area contributed by atoms with Crippen molar-refractivity contribution in [2.75, 3.05) is 46.0 Å². The molecule has 2 aliphatic rings. The van der Waals surface area contributed by atoms with Gasteiger partial charge in [0.2, 0.25) is 0 Å². The number of ether oxygens (including phenoxy) is 1. The van der Waals surface area contributed by atoms with E-state index < -0.39 is 0 Å². The van der Waals surface area contributed by atoms with Gasteiger partial charge in [-0.15, -0.1) is 0 Å². The van der Waals surface area contributed by atoms with Gasteiger partial charge in [0.15, 0.2) is 0 Å². The molecule has 1 saturated heterocycles. The summed E-state index contributed by atoms with van der Waals surface area (Å²) in [6, 6.07) is 0.537. The molecule has 2 fully saturated rings. The number of nitrogens with one attached hydrogen (secondary N) is 1. The van der Waals surface area contributed by atoms with E-state index >= 15 is 0 Å². The van der Waals surface area contributed by atoms with Crippen LogP contribution in [0.4, 0.5) is 0 Å². The first-order chi connectivity index (χ1) is 8.40. The largest absolute Gasteiger partial charge is 0.396 e. The molecule has 1 heterocycles. The van der Waals surface area contributed by atoms with Gasteiger partial charge in [0.1, 0.15) is 0 Å². The van der Waals surface area contributed by atoms with Crippen LogP contribution in [0.15, 0.2) is 0 Å². The number of hydrogen-bond acceptors (Lipinski definition) is 4. The molecule has 4 heteroatoms. The van der Waals surface area contributed by atoms with Crippen molar-refractivity contribution in [2.45, 2.75) is 31.7 Å². The van der Waals surface area contributed by atoms with Crippen molar-refractivity contribution in [3.05, 3.63) is 0 Å². The molecule has 0 amide bonds. The molecular formula is C13H26N2O2. The minimum atomic E-state index is 0.342. The summed E-state index contributed by atoms with van der Waals surface area (Å²) in [5.41, 5.74) is 0. The minimum Gasteiger partial charge on any atom is -0.396 e. The van der Waals surface area contributed by atoms with Gasteiger partial charge < -0.3 is 15.2 Å². The Kier molecular flexibility index (Phi) is 5.71. The van der Waals surface area contributed by atoms with E-state index in [0.717, 1.165) is 39.4 Å². The molecule has 4 nitrogen and oxygen atoms in total. The monoisotopic (exact) mass is 242 g/mol. The second kappa shape index (κ2) is 7.31. The van der Waals surface area contributed by atoms with E-state index in [4.69, 9.17) is 4.74 Å². The summed E-state index contributed by atoms with van der Waals surface area (Å²) in [6.07, 6.45) is 5.01. The molecule has 0 aromatic carbocycles. The highest BCUT2D eigenvalue weighted by molar-refractivity contribution is 4.80. The first-order valence-corrected chi connectivity index (χ1v) is 7.04. The van der Waals surface area contributed by atoms with Crippen LogP contribution < -0.4 is 5.32 Å². The second-order valence-corrected chi connectivity index (χ2v) is 5.24. The molecule has 0 radical (unpaired) electrons. The van der Waals surface area contributed by atoms with Crippen molar-refractivity contribution < 1.29 is 9.84 Å². The minimum absolute atomic E-state index is 0.342. The number of morpholine rings is 1. The van der Waals surface area contributed by atoms with E-state index in [-0.39, 0.29) is 0 Å². The number of aliphatic hydroxyl groups excluding tert-OH is 1. The van der Waals surface area contributed by atoms with Crippen LogP contribution in [0, 0.1) is 5.92 Å². The van der Waals surface area contributed by atoms with Gasteiger partial charge >= 0.3 is 0 Å². The summed E-state index contributed by atoms with van der Waals surface area (Å²) in [6.45, 7) is 6.38. The Morgan fingerprint density at radius 3 is 2.71 bits per heavy atom. The quantitative estimate of drug-likeness (QED) is 0.735. The van der Waals surface area contributed by atoms with Gasteiger partial charge in [-0.25, -0.2) is 0 Å². The summed E-state index contributed by atoms with van der Waals surface area (Å²) in [5.74, 6) is 0.480. The van der Waals surface area contributed by atoms with Crippen LogP contribution in [0.25, 0.3) is 0 Å². The summed E-state index contributed by atoms with van der Waals surface area (Å²) in [7, 11) is 0. The lowest BCUT2D eigenvalue weighted by atomic mass is 9.85. The second-order valence-electron chi connectivity index (χ2n) is 5.24. The Labute approximate surface area is 104 Å². The van der Waals surface area contributed by atoms with Crippen molar-refractivity contribution in [1.82, 2.24) is 10.2 Å². The normalized spacial score (nSPS) is 31.6. The van der Waals surface area contributed by atoms with Crippen LogP contribution in [-0.2, 0) is 4.74 Å². The van der Waals surface area contributed by atoms with Gasteiger partial charge in [0.05, 0.1) is 13.2 Å². The Hall–Kier alpha value is -0.160. The molecule has 2 rings (SSSR count). The molecule has 0 bridgehead atoms. The summed E-state index contributed by atoms with van der Waals surface area (Å²) in [5, 5.41) is 13.0. The van der Waals surface area contributed by atoms with Crippen molar-refractivity contribution in [3.8, 4) is 0 Å². The van der Waals surface area contributed by atoms with Crippen LogP contribution >= 0.6 is 0 Å². The van der Waals surface area contributed by atoms with Crippen LogP contribution in [0.2, 0.25) is 0 Å². The standard InChI is InChI=1S/C13H26N2O2/c16-11-12-3-1-2-4-13(12)14-5-6-15-7-9-17-10-8-15/h12-14,16H,1-11H2. The van der Waals surface area contributed by atoms with E-state index in [1.807, 2.05) is 0 Å². The van der Waals surface area contributed by atoms with Crippen LogP contribution in [0.5, 0.6) is 0 Å². The lowest BCUT2D eigenvalue weighted by Crippen LogP contribution is -2.45. The van der Waals surface area contributed by atoms with Crippen LogP contribution in [0.3, 0.4) is 0 Å². The van der Waals surface area contributed by atoms with Gasteiger partial charge in [0, 0.05) is 38.8 Å². The molecule has 1 aliphatic carbocycles. The Morgan fingerprint density at radius 1 is 1.18 bits per heavy atom. The van der Waals surface area contributed by atoms with Gasteiger partial charge in [-0.05, 0) is 18.8 Å². The molecule has 17 heavy (non-hydrogen) atoms. The molecule has 2 unspecified atom stereocenters. The topological polar surface area (TPSA) is 44.7 Å². The molecule has 0 aromatic rings. The first-order valence-electron chi connectivity index (χ1n) is 7.04. The van der Waals surface area contributed by atoms with Crippen molar-refractivity contribution in [2.24, 2.45) is 5.92 Å². The summed E-state index contributed by atoms with van der Waals surface area (Å²) in [4.78, 5) is 2.45. The van der Waals surface area contributed by atoms with Gasteiger partial charge in [-0.3, -0.25) is 4.90 Å². The average Bonchev–Trinajstić information content (AvgIpc) is 2.40. The van der Waals surface area contributed by atoms with E-state index in [0.29, 0.717) is 18.6 Å². The molecule has 1 saturated carbocycles. The average molecular weight is 242 g/mol. The maximum absolute atomic E-state index is 9.34. The molecule has 2 atom stereocenters. The smallest absolute Gasteiger partial charge is 0.0594 e. The molecule has 0 aromatic heterocycles. The van der Waals surface area contributed by atoms with E-state index in [2.05, 4.69) is 10.2 Å². The third kappa shape index (κ3) is 4.21. The molecule has 0 spiro atoms. The molecular weight excluding hydrogens is 216 g/mol. The lowest BCUT2D eigenvalue weighted by molar-refractivity contribution is 0.0373. The zero-order valence-corrected chi connectivity index (χ0v) is 10.7. The highest BCUT2D eigenvalue weighted by atomic mass is 16.5. The molecule has 2 N–H and O–H groups in total. The van der Waals surface area contributed by atoms with E-state index in [1.165, 1.54) is 25.7 Å². The van der Waals surface area contributed by atoms with Crippen molar-refractivity contribution in [1.29, 1.82) is 0 Å². The number of nitrogens with zero attached hydrogens (tertiary/aromatic N) is 1. The molecule has 100 valence electrons. The maximum atomic E-state index is 9.34. The van der Waals surface area contributed by atoms with E-state index in [9.17, 15) is 5.11 Å². The summed E-state index contributed by atoms with van der Waals surface area (Å²) < 4.78 is 5.34. The summed E-state index contributed by atoms with van der Waals surface area (Å²) >= 11 is 0. The highest BCUT2D eigenvalue weighted by Crippen LogP contribution is 2.23. The first kappa shape index (κ1) is 13.3. The Bertz CT molecular complexity index is 208. The van der Waals surface area contributed by atoms with Crippen molar-refractivity contribution >= 4 is 0 Å². The van der Waals surface area contributed by atoms with Gasteiger partial charge in [-0.1, -0.05) is 12.8 Å². The fourth-order valence-electron chi connectivity index (χ4n) is 2.93. The fourth-order valence-corrected chi connectivity index (χ4v) is 2.93. The van der Waals surface area contributed by atoms with Gasteiger partial charge in [-0.2, -0.15) is 0 Å². The predicted molar refractivity (Wildman–Crippen MR) is 68.1 cm³/mol. The third-order valence-corrected chi connectivity index (χ3v) is 4.08. The number of aliphatic hydroxyl groups is 1. The number of rotatable bonds is 5. The third-order valence-electron chi connectivity index (χ3n) is 4.08. The predicted octanol–water partition coefficient (Wildman–Crippen LogP) is 0.459. The van der Waals surface area contributed by atoms with Gasteiger partial charge in [0.25, 0.3) is 0 Å². The maximum Gasteiger partial charge on any atom is 0.0594 e. The fraction of sp³-hybridized carbons (Fsp3) is 1.00. The highest BCUT2D eigenvalue weighted by Gasteiger charge is 2.23. The Balaban J connectivity index is 1.62. The van der Waals surface area contributed by atoms with E-state index in [1.54, 1.807) is 0 Å².